The molecule has 0 aliphatic carbocycles. The lowest BCUT2D eigenvalue weighted by Crippen LogP contribution is -2.44. The number of hydrazine groups is 1. The Balaban J connectivity index is 3.82. The van der Waals surface area contributed by atoms with Gasteiger partial charge in [-0.25, -0.2) is 10.2 Å². The van der Waals surface area contributed by atoms with Gasteiger partial charge in [0.1, 0.15) is 0 Å². The average Bonchev–Trinajstić information content (AvgIpc) is 1.87. The Hall–Kier alpha value is -0.810. The van der Waals surface area contributed by atoms with Crippen LogP contribution in [0.5, 0.6) is 0 Å². The van der Waals surface area contributed by atoms with Crippen molar-refractivity contribution in [1.29, 1.82) is 0 Å². The molecular weight excluding hydrogens is 158 g/mol. The van der Waals surface area contributed by atoms with Gasteiger partial charge in [0.05, 0.1) is 0 Å². The maximum absolute atomic E-state index is 10.6. The van der Waals surface area contributed by atoms with Crippen LogP contribution in [0.15, 0.2) is 0 Å². The zero-order valence-corrected chi connectivity index (χ0v) is 6.40. The Morgan fingerprint density at radius 2 is 2.00 bits per heavy atom. The maximum Gasteiger partial charge on any atom is 0.339 e. The van der Waals surface area contributed by atoms with E-state index in [1.165, 1.54) is 14.1 Å². The van der Waals surface area contributed by atoms with Crippen molar-refractivity contribution in [2.75, 3.05) is 14.1 Å². The number of carbonyl (C=O) groups is 2. The summed E-state index contributed by atoms with van der Waals surface area (Å²) in [5.74, 6) is 0. The predicted octanol–water partition coefficient (Wildman–Crippen LogP) is 0.121. The fourth-order valence-corrected chi connectivity index (χ4v) is 0.347. The third-order valence-electron chi connectivity index (χ3n) is 0.800. The number of hydrogen-bond donors (Lipinski definition) is 2. The van der Waals surface area contributed by atoms with Gasteiger partial charge in [-0.05, 0) is 11.6 Å². The molecule has 0 heterocycles. The standard InChI is InChI=1S/C4H8ClN3O2/c1-6-7-4(10)8(2)3(5)9/h6H,1-2H3,(H,7,10). The lowest BCUT2D eigenvalue weighted by molar-refractivity contribution is 0.204. The van der Waals surface area contributed by atoms with Crippen molar-refractivity contribution < 1.29 is 9.59 Å². The molecule has 0 atom stereocenters. The second-order valence-corrected chi connectivity index (χ2v) is 1.82. The summed E-state index contributed by atoms with van der Waals surface area (Å²) < 4.78 is 0. The highest BCUT2D eigenvalue weighted by Crippen LogP contribution is 1.90. The Bertz CT molecular complexity index is 149. The maximum atomic E-state index is 10.6. The van der Waals surface area contributed by atoms with E-state index >= 15 is 0 Å². The van der Waals surface area contributed by atoms with Gasteiger partial charge >= 0.3 is 11.4 Å². The van der Waals surface area contributed by atoms with Gasteiger partial charge in [-0.1, -0.05) is 0 Å². The number of hydrogen-bond acceptors (Lipinski definition) is 3. The molecule has 58 valence electrons. The third kappa shape index (κ3) is 2.65. The minimum Gasteiger partial charge on any atom is -0.273 e. The third-order valence-corrected chi connectivity index (χ3v) is 1.05. The van der Waals surface area contributed by atoms with Crippen LogP contribution in [-0.4, -0.2) is 30.4 Å². The summed E-state index contributed by atoms with van der Waals surface area (Å²) >= 11 is 4.96. The first kappa shape index (κ1) is 9.19. The van der Waals surface area contributed by atoms with Crippen LogP contribution in [0, 0.1) is 0 Å². The van der Waals surface area contributed by atoms with E-state index in [4.69, 9.17) is 11.6 Å². The van der Waals surface area contributed by atoms with Gasteiger partial charge in [-0.15, -0.1) is 0 Å². The van der Waals surface area contributed by atoms with Crippen molar-refractivity contribution >= 4 is 23.0 Å². The van der Waals surface area contributed by atoms with E-state index in [0.717, 1.165) is 4.90 Å². The fourth-order valence-electron chi connectivity index (χ4n) is 0.271. The molecule has 0 unspecified atom stereocenters. The molecule has 0 bridgehead atoms. The van der Waals surface area contributed by atoms with Crippen LogP contribution in [-0.2, 0) is 0 Å². The predicted molar refractivity (Wildman–Crippen MR) is 36.6 cm³/mol. The number of nitrogens with zero attached hydrogens (tertiary/aromatic N) is 1. The molecule has 0 saturated heterocycles. The van der Waals surface area contributed by atoms with Crippen molar-refractivity contribution in [3.05, 3.63) is 0 Å². The van der Waals surface area contributed by atoms with E-state index in [1.54, 1.807) is 0 Å². The molecule has 3 amide bonds. The lowest BCUT2D eigenvalue weighted by atomic mass is 10.8. The minimum atomic E-state index is -0.826. The Morgan fingerprint density at radius 3 is 2.30 bits per heavy atom. The first-order valence-electron chi connectivity index (χ1n) is 2.49. The van der Waals surface area contributed by atoms with Crippen LogP contribution >= 0.6 is 11.6 Å². The number of halogens is 1. The summed E-state index contributed by atoms with van der Waals surface area (Å²) in [6.07, 6.45) is 0. The quantitative estimate of drug-likeness (QED) is 0.330. The van der Waals surface area contributed by atoms with Crippen molar-refractivity contribution in [3.8, 4) is 0 Å². The molecular formula is C4H8ClN3O2. The SMILES string of the molecule is CNNC(=O)N(C)C(=O)Cl. The van der Waals surface area contributed by atoms with Gasteiger partial charge in [-0.2, -0.15) is 0 Å². The van der Waals surface area contributed by atoms with Crippen molar-refractivity contribution in [2.45, 2.75) is 0 Å². The summed E-state index contributed by atoms with van der Waals surface area (Å²) in [6.45, 7) is 0. The molecule has 0 saturated carbocycles. The number of rotatable bonds is 1. The highest BCUT2D eigenvalue weighted by molar-refractivity contribution is 6.63. The summed E-state index contributed by atoms with van der Waals surface area (Å²) in [6, 6.07) is -0.595. The largest absolute Gasteiger partial charge is 0.339 e. The highest BCUT2D eigenvalue weighted by Gasteiger charge is 2.12. The second-order valence-electron chi connectivity index (χ2n) is 1.49. The van der Waals surface area contributed by atoms with Gasteiger partial charge in [-0.3, -0.25) is 15.1 Å². The Labute approximate surface area is 63.3 Å². The van der Waals surface area contributed by atoms with Gasteiger partial charge in [0.25, 0.3) is 0 Å². The van der Waals surface area contributed by atoms with Crippen molar-refractivity contribution in [3.63, 3.8) is 0 Å². The Kier molecular flexibility index (Phi) is 3.75. The van der Waals surface area contributed by atoms with E-state index in [9.17, 15) is 9.59 Å². The summed E-state index contributed by atoms with van der Waals surface area (Å²) in [4.78, 5) is 21.6. The smallest absolute Gasteiger partial charge is 0.273 e. The van der Waals surface area contributed by atoms with Crippen LogP contribution in [0.2, 0.25) is 0 Å². The zero-order chi connectivity index (χ0) is 8.15. The summed E-state index contributed by atoms with van der Waals surface area (Å²) in [7, 11) is 2.77. The van der Waals surface area contributed by atoms with Crippen LogP contribution < -0.4 is 10.9 Å². The first-order chi connectivity index (χ1) is 4.59. The molecule has 0 spiro atoms. The number of urea groups is 1. The molecule has 6 heteroatoms. The van der Waals surface area contributed by atoms with E-state index in [0.29, 0.717) is 0 Å². The molecule has 0 aromatic rings. The molecule has 0 radical (unpaired) electrons. The monoisotopic (exact) mass is 165 g/mol. The molecule has 0 aromatic carbocycles. The Morgan fingerprint density at radius 1 is 1.50 bits per heavy atom. The highest BCUT2D eigenvalue weighted by atomic mass is 35.5. The van der Waals surface area contributed by atoms with Crippen LogP contribution in [0.25, 0.3) is 0 Å². The lowest BCUT2D eigenvalue weighted by Gasteiger charge is -2.10. The molecule has 2 N–H and O–H groups in total. The fraction of sp³-hybridized carbons (Fsp3) is 0.500. The summed E-state index contributed by atoms with van der Waals surface area (Å²) in [5.41, 5.74) is 4.51. The van der Waals surface area contributed by atoms with Gasteiger partial charge in [0.2, 0.25) is 0 Å². The molecule has 0 aromatic heterocycles. The molecule has 0 fully saturated rings. The van der Waals surface area contributed by atoms with Crippen molar-refractivity contribution in [2.24, 2.45) is 0 Å². The summed E-state index contributed by atoms with van der Waals surface area (Å²) in [5, 5.41) is -0.826. The molecule has 10 heavy (non-hydrogen) atoms. The van der Waals surface area contributed by atoms with E-state index in [1.807, 2.05) is 0 Å². The van der Waals surface area contributed by atoms with E-state index in [-0.39, 0.29) is 0 Å². The van der Waals surface area contributed by atoms with Gasteiger partial charge in [0, 0.05) is 14.1 Å². The number of carbonyl (C=O) groups excluding carboxylic acids is 2. The van der Waals surface area contributed by atoms with E-state index < -0.39 is 11.4 Å². The number of imide groups is 1. The zero-order valence-electron chi connectivity index (χ0n) is 5.64. The van der Waals surface area contributed by atoms with Crippen LogP contribution in [0.1, 0.15) is 0 Å². The average molecular weight is 166 g/mol. The molecule has 5 nitrogen and oxygen atoms in total. The first-order valence-corrected chi connectivity index (χ1v) is 2.87. The second kappa shape index (κ2) is 4.08. The van der Waals surface area contributed by atoms with Gasteiger partial charge < -0.3 is 0 Å². The number of nitrogens with one attached hydrogen (secondary N) is 2. The van der Waals surface area contributed by atoms with Gasteiger partial charge in [0.15, 0.2) is 0 Å². The molecule has 0 rings (SSSR count). The minimum absolute atomic E-state index is 0.595. The van der Waals surface area contributed by atoms with Crippen LogP contribution in [0.3, 0.4) is 0 Å². The molecule has 0 aliphatic heterocycles. The normalized spacial score (nSPS) is 8.70. The number of amides is 3. The van der Waals surface area contributed by atoms with E-state index in [2.05, 4.69) is 10.9 Å². The van der Waals surface area contributed by atoms with Crippen LogP contribution in [0.4, 0.5) is 9.59 Å². The van der Waals surface area contributed by atoms with Crippen molar-refractivity contribution in [1.82, 2.24) is 15.8 Å². The molecule has 0 aliphatic rings. The topological polar surface area (TPSA) is 61.4 Å².